The van der Waals surface area contributed by atoms with E-state index in [-0.39, 0.29) is 0 Å². The minimum Gasteiger partial charge on any atom is -0.380 e. The molecule has 1 aromatic heterocycles. The number of aryl methyl sites for hydroxylation is 2. The first kappa shape index (κ1) is 12.7. The summed E-state index contributed by atoms with van der Waals surface area (Å²) in [7, 11) is 1.93. The van der Waals surface area contributed by atoms with Crippen LogP contribution in [0.2, 0.25) is 5.02 Å². The van der Waals surface area contributed by atoms with Crippen molar-refractivity contribution >= 4 is 39.9 Å². The summed E-state index contributed by atoms with van der Waals surface area (Å²) in [6, 6.07) is 5.93. The average molecular weight is 362 g/mol. The molecule has 1 heterocycles. The van der Waals surface area contributed by atoms with E-state index >= 15 is 0 Å². The summed E-state index contributed by atoms with van der Waals surface area (Å²) in [5.41, 5.74) is 3.19. The molecule has 17 heavy (non-hydrogen) atoms. The summed E-state index contributed by atoms with van der Waals surface area (Å²) >= 11 is 8.39. The number of nitrogens with zero attached hydrogens (tertiary/aromatic N) is 2. The van der Waals surface area contributed by atoms with Gasteiger partial charge in [-0.1, -0.05) is 11.6 Å². The third-order valence-electron chi connectivity index (χ3n) is 2.51. The smallest absolute Gasteiger partial charge is 0.0643 e. The molecular weight excluding hydrogens is 349 g/mol. The molecule has 1 aromatic carbocycles. The van der Waals surface area contributed by atoms with E-state index in [2.05, 4.69) is 33.0 Å². The molecule has 0 aliphatic heterocycles. The highest BCUT2D eigenvalue weighted by Gasteiger charge is 2.05. The van der Waals surface area contributed by atoms with Gasteiger partial charge in [-0.2, -0.15) is 5.10 Å². The lowest BCUT2D eigenvalue weighted by molar-refractivity contribution is 0.756. The zero-order chi connectivity index (χ0) is 12.4. The number of aromatic nitrogens is 2. The van der Waals surface area contributed by atoms with Crippen molar-refractivity contribution < 1.29 is 0 Å². The van der Waals surface area contributed by atoms with Crippen LogP contribution in [0, 0.1) is 10.5 Å². The van der Waals surface area contributed by atoms with Crippen molar-refractivity contribution in [2.24, 2.45) is 7.05 Å². The number of hydrogen-bond acceptors (Lipinski definition) is 2. The predicted molar refractivity (Wildman–Crippen MR) is 79.4 cm³/mol. The Hall–Kier alpha value is -0.750. The van der Waals surface area contributed by atoms with Crippen LogP contribution in [0.5, 0.6) is 0 Å². The van der Waals surface area contributed by atoms with E-state index in [9.17, 15) is 0 Å². The van der Waals surface area contributed by atoms with Crippen molar-refractivity contribution in [3.05, 3.63) is 44.2 Å². The van der Waals surface area contributed by atoms with Gasteiger partial charge in [-0.3, -0.25) is 4.68 Å². The highest BCUT2D eigenvalue weighted by Crippen LogP contribution is 2.24. The van der Waals surface area contributed by atoms with Gasteiger partial charge in [0.2, 0.25) is 0 Å². The molecule has 0 amide bonds. The summed E-state index contributed by atoms with van der Waals surface area (Å²) in [4.78, 5) is 0. The number of benzene rings is 1. The van der Waals surface area contributed by atoms with E-state index in [1.165, 1.54) is 5.56 Å². The van der Waals surface area contributed by atoms with E-state index in [4.69, 9.17) is 11.6 Å². The molecule has 0 saturated heterocycles. The van der Waals surface area contributed by atoms with Gasteiger partial charge in [0.25, 0.3) is 0 Å². The number of hydrogen-bond donors (Lipinski definition) is 1. The number of rotatable bonds is 3. The van der Waals surface area contributed by atoms with Crippen molar-refractivity contribution in [3.63, 3.8) is 0 Å². The molecule has 5 heteroatoms. The Morgan fingerprint density at radius 2 is 2.24 bits per heavy atom. The molecule has 0 radical (unpaired) electrons. The highest BCUT2D eigenvalue weighted by atomic mass is 127. The van der Waals surface area contributed by atoms with Crippen LogP contribution in [-0.2, 0) is 13.6 Å². The molecule has 1 N–H and O–H groups in total. The Labute approximate surface area is 119 Å². The number of halogens is 2. The van der Waals surface area contributed by atoms with Crippen LogP contribution < -0.4 is 5.32 Å². The first-order valence-corrected chi connectivity index (χ1v) is 6.70. The molecule has 2 aromatic rings. The summed E-state index contributed by atoms with van der Waals surface area (Å²) in [6.07, 6.45) is 2.02. The first-order chi connectivity index (χ1) is 8.06. The first-order valence-electron chi connectivity index (χ1n) is 5.24. The maximum absolute atomic E-state index is 6.12. The third-order valence-corrected chi connectivity index (χ3v) is 3.51. The molecule has 0 saturated carbocycles. The third kappa shape index (κ3) is 3.13. The van der Waals surface area contributed by atoms with E-state index in [0.717, 1.165) is 26.5 Å². The molecule has 0 unspecified atom stereocenters. The fraction of sp³-hybridized carbons (Fsp3) is 0.250. The topological polar surface area (TPSA) is 29.9 Å². The molecule has 0 spiro atoms. The second-order valence-corrected chi connectivity index (χ2v) is 5.54. The molecule has 90 valence electrons. The van der Waals surface area contributed by atoms with Gasteiger partial charge in [0.1, 0.15) is 0 Å². The van der Waals surface area contributed by atoms with Crippen molar-refractivity contribution in [2.45, 2.75) is 13.5 Å². The Bertz CT molecular complexity index is 537. The van der Waals surface area contributed by atoms with Crippen LogP contribution in [0.1, 0.15) is 11.3 Å². The predicted octanol–water partition coefficient (Wildman–Crippen LogP) is 3.60. The van der Waals surface area contributed by atoms with Crippen molar-refractivity contribution in [1.82, 2.24) is 9.78 Å². The van der Waals surface area contributed by atoms with E-state index in [1.807, 2.05) is 43.0 Å². The van der Waals surface area contributed by atoms with Crippen LogP contribution in [-0.4, -0.2) is 9.78 Å². The molecule has 0 bridgehead atoms. The fourth-order valence-electron chi connectivity index (χ4n) is 1.65. The minimum absolute atomic E-state index is 0.736. The largest absolute Gasteiger partial charge is 0.380 e. The van der Waals surface area contributed by atoms with Gasteiger partial charge in [-0.05, 0) is 47.7 Å². The van der Waals surface area contributed by atoms with Gasteiger partial charge in [-0.25, -0.2) is 0 Å². The SMILES string of the molecule is Cc1nn(C)cc1CNc1cc(I)ccc1Cl. The lowest BCUT2D eigenvalue weighted by Gasteiger charge is -2.08. The van der Waals surface area contributed by atoms with Crippen LogP contribution in [0.3, 0.4) is 0 Å². The molecule has 0 aliphatic carbocycles. The van der Waals surface area contributed by atoms with E-state index < -0.39 is 0 Å². The zero-order valence-electron chi connectivity index (χ0n) is 9.67. The molecular formula is C12H13ClIN3. The van der Waals surface area contributed by atoms with Gasteiger partial charge in [0.15, 0.2) is 0 Å². The van der Waals surface area contributed by atoms with Crippen molar-refractivity contribution in [1.29, 1.82) is 0 Å². The minimum atomic E-state index is 0.736. The number of anilines is 1. The Balaban J connectivity index is 2.12. The van der Waals surface area contributed by atoms with Gasteiger partial charge in [0, 0.05) is 28.9 Å². The maximum Gasteiger partial charge on any atom is 0.0643 e. The van der Waals surface area contributed by atoms with Gasteiger partial charge in [0.05, 0.1) is 16.4 Å². The Kier molecular flexibility index (Phi) is 3.93. The van der Waals surface area contributed by atoms with Crippen LogP contribution in [0.4, 0.5) is 5.69 Å². The molecule has 3 nitrogen and oxygen atoms in total. The molecule has 0 atom stereocenters. The lowest BCUT2D eigenvalue weighted by Crippen LogP contribution is -2.00. The second kappa shape index (κ2) is 5.27. The second-order valence-electron chi connectivity index (χ2n) is 3.89. The molecule has 0 aliphatic rings. The summed E-state index contributed by atoms with van der Waals surface area (Å²) in [6.45, 7) is 2.74. The Morgan fingerprint density at radius 1 is 1.47 bits per heavy atom. The number of nitrogens with one attached hydrogen (secondary N) is 1. The summed E-state index contributed by atoms with van der Waals surface area (Å²) < 4.78 is 2.99. The van der Waals surface area contributed by atoms with Gasteiger partial charge < -0.3 is 5.32 Å². The van der Waals surface area contributed by atoms with Gasteiger partial charge >= 0.3 is 0 Å². The van der Waals surface area contributed by atoms with Crippen molar-refractivity contribution in [2.75, 3.05) is 5.32 Å². The summed E-state index contributed by atoms with van der Waals surface area (Å²) in [5.74, 6) is 0. The van der Waals surface area contributed by atoms with Crippen LogP contribution in [0.15, 0.2) is 24.4 Å². The van der Waals surface area contributed by atoms with Crippen LogP contribution >= 0.6 is 34.2 Å². The maximum atomic E-state index is 6.12. The van der Waals surface area contributed by atoms with Crippen LogP contribution in [0.25, 0.3) is 0 Å². The van der Waals surface area contributed by atoms with E-state index in [1.54, 1.807) is 0 Å². The van der Waals surface area contributed by atoms with Crippen molar-refractivity contribution in [3.8, 4) is 0 Å². The fourth-order valence-corrected chi connectivity index (χ4v) is 2.32. The Morgan fingerprint density at radius 3 is 2.88 bits per heavy atom. The zero-order valence-corrected chi connectivity index (χ0v) is 12.6. The monoisotopic (exact) mass is 361 g/mol. The van der Waals surface area contributed by atoms with E-state index in [0.29, 0.717) is 0 Å². The quantitative estimate of drug-likeness (QED) is 0.847. The lowest BCUT2D eigenvalue weighted by atomic mass is 10.2. The average Bonchev–Trinajstić information content (AvgIpc) is 2.59. The normalized spacial score (nSPS) is 10.6. The van der Waals surface area contributed by atoms with Gasteiger partial charge in [-0.15, -0.1) is 0 Å². The summed E-state index contributed by atoms with van der Waals surface area (Å²) in [5, 5.41) is 8.38. The highest BCUT2D eigenvalue weighted by molar-refractivity contribution is 14.1. The molecule has 0 fully saturated rings. The molecule has 2 rings (SSSR count). The standard InChI is InChI=1S/C12H13ClIN3/c1-8-9(7-17(2)16-8)6-15-12-5-10(14)3-4-11(12)13/h3-5,7,15H,6H2,1-2H3.